The van der Waals surface area contributed by atoms with Gasteiger partial charge in [0, 0.05) is 6.42 Å². The van der Waals surface area contributed by atoms with Gasteiger partial charge in [0.1, 0.15) is 0 Å². The Morgan fingerprint density at radius 2 is 0.804 bits per heavy atom. The second-order valence-corrected chi connectivity index (χ2v) is 15.4. The third kappa shape index (κ3) is 42.5. The van der Waals surface area contributed by atoms with Crippen molar-refractivity contribution in [1.29, 1.82) is 0 Å². The summed E-state index contributed by atoms with van der Waals surface area (Å²) in [6.07, 6.45) is 69.5. The van der Waals surface area contributed by atoms with Gasteiger partial charge in [-0.2, -0.15) is 0 Å². The van der Waals surface area contributed by atoms with E-state index in [1.54, 1.807) is 6.08 Å². The zero-order valence-corrected chi connectivity index (χ0v) is 36.6. The van der Waals surface area contributed by atoms with E-state index in [9.17, 15) is 15.0 Å². The van der Waals surface area contributed by atoms with Gasteiger partial charge >= 0.3 is 0 Å². The third-order valence-electron chi connectivity index (χ3n) is 10.0. The quantitative estimate of drug-likeness (QED) is 0.0428. The van der Waals surface area contributed by atoms with Crippen molar-refractivity contribution in [3.63, 3.8) is 0 Å². The Hall–Kier alpha value is -2.69. The fourth-order valence-corrected chi connectivity index (χ4v) is 6.47. The smallest absolute Gasteiger partial charge is 0.220 e. The van der Waals surface area contributed by atoms with Crippen molar-refractivity contribution in [2.45, 2.75) is 219 Å². The van der Waals surface area contributed by atoms with Crippen molar-refractivity contribution >= 4 is 5.91 Å². The normalized spacial score (nSPS) is 13.9. The van der Waals surface area contributed by atoms with E-state index in [0.29, 0.717) is 6.42 Å². The number of allylic oxidation sites excluding steroid dienone is 15. The van der Waals surface area contributed by atoms with E-state index in [4.69, 9.17) is 0 Å². The van der Waals surface area contributed by atoms with Gasteiger partial charge in [-0.15, -0.1) is 0 Å². The summed E-state index contributed by atoms with van der Waals surface area (Å²) >= 11 is 0. The molecule has 0 heterocycles. The monoisotopic (exact) mass is 776 g/mol. The zero-order chi connectivity index (χ0) is 40.7. The average molecular weight is 776 g/mol. The number of unbranched alkanes of at least 4 members (excludes halogenated alkanes) is 20. The molecule has 0 aromatic rings. The first-order valence-corrected chi connectivity index (χ1v) is 23.5. The predicted molar refractivity (Wildman–Crippen MR) is 248 cm³/mol. The lowest BCUT2D eigenvalue weighted by atomic mass is 10.0. The lowest BCUT2D eigenvalue weighted by Crippen LogP contribution is -2.45. The number of nitrogens with one attached hydrogen (secondary N) is 1. The molecule has 4 heteroatoms. The molecule has 0 saturated carbocycles. The van der Waals surface area contributed by atoms with E-state index in [1.165, 1.54) is 103 Å². The van der Waals surface area contributed by atoms with Crippen molar-refractivity contribution in [1.82, 2.24) is 5.32 Å². The van der Waals surface area contributed by atoms with Crippen LogP contribution in [0.2, 0.25) is 0 Å². The molecular formula is C52H89NO3. The van der Waals surface area contributed by atoms with Gasteiger partial charge in [-0.25, -0.2) is 0 Å². The van der Waals surface area contributed by atoms with Crippen molar-refractivity contribution < 1.29 is 15.0 Å². The number of carbonyl (C=O) groups is 1. The molecule has 4 nitrogen and oxygen atoms in total. The second kappa shape index (κ2) is 46.7. The van der Waals surface area contributed by atoms with Crippen LogP contribution in [-0.2, 0) is 4.79 Å². The van der Waals surface area contributed by atoms with E-state index >= 15 is 0 Å². The largest absolute Gasteiger partial charge is 0.394 e. The summed E-state index contributed by atoms with van der Waals surface area (Å²) in [6, 6.07) is -0.663. The van der Waals surface area contributed by atoms with Gasteiger partial charge in [-0.3, -0.25) is 4.79 Å². The summed E-state index contributed by atoms with van der Waals surface area (Å²) < 4.78 is 0. The molecule has 1 amide bonds. The molecule has 0 fully saturated rings. The summed E-state index contributed by atoms with van der Waals surface area (Å²) in [5.74, 6) is -0.100. The molecule has 2 atom stereocenters. The average Bonchev–Trinajstić information content (AvgIpc) is 3.20. The highest BCUT2D eigenvalue weighted by molar-refractivity contribution is 5.76. The van der Waals surface area contributed by atoms with Gasteiger partial charge in [-0.05, 0) is 89.9 Å². The Morgan fingerprint density at radius 3 is 1.25 bits per heavy atom. The van der Waals surface area contributed by atoms with Crippen LogP contribution in [0, 0.1) is 0 Å². The highest BCUT2D eigenvalue weighted by Gasteiger charge is 2.17. The molecule has 3 N–H and O–H groups in total. The molecule has 2 unspecified atom stereocenters. The lowest BCUT2D eigenvalue weighted by Gasteiger charge is -2.19. The number of hydrogen-bond donors (Lipinski definition) is 3. The van der Waals surface area contributed by atoms with Crippen molar-refractivity contribution in [2.24, 2.45) is 0 Å². The maximum absolute atomic E-state index is 12.4. The molecule has 0 aliphatic heterocycles. The van der Waals surface area contributed by atoms with Crippen LogP contribution < -0.4 is 5.32 Å². The van der Waals surface area contributed by atoms with E-state index in [2.05, 4.69) is 104 Å². The van der Waals surface area contributed by atoms with E-state index in [0.717, 1.165) is 83.5 Å². The lowest BCUT2D eigenvalue weighted by molar-refractivity contribution is -0.123. The Morgan fingerprint density at radius 1 is 0.446 bits per heavy atom. The third-order valence-corrected chi connectivity index (χ3v) is 10.0. The van der Waals surface area contributed by atoms with E-state index < -0.39 is 12.1 Å². The Kier molecular flexibility index (Phi) is 44.4. The minimum atomic E-state index is -0.885. The summed E-state index contributed by atoms with van der Waals surface area (Å²) in [5.41, 5.74) is 0. The van der Waals surface area contributed by atoms with E-state index in [-0.39, 0.29) is 12.5 Å². The van der Waals surface area contributed by atoms with Crippen molar-refractivity contribution in [3.8, 4) is 0 Å². The summed E-state index contributed by atoms with van der Waals surface area (Å²) in [6.45, 7) is 4.17. The van der Waals surface area contributed by atoms with E-state index in [1.807, 2.05) is 6.08 Å². The maximum Gasteiger partial charge on any atom is 0.220 e. The first-order valence-electron chi connectivity index (χ1n) is 23.5. The standard InChI is InChI=1S/C52H89NO3/c1-3-5-7-9-11-13-15-17-19-21-23-25-26-28-29-31-33-35-37-39-41-43-45-47-51(55)50(49-54)53-52(56)48-46-44-42-40-38-36-34-32-30-27-24-22-20-18-16-14-12-10-8-6-4-2/h6,8,12,14,18,20,24,27,29,31-32,34,37,39,45,47,50-51,54-55H,3-5,7,9-11,13,15-17,19,21-23,25-26,28,30,33,35-36,38,40-44,46,48-49H2,1-2H3,(H,53,56)/b8-6-,14-12-,20-18-,27-24-,31-29+,34-32-,39-37+,47-45+. The SMILES string of the molecule is CC/C=C\C/C=C\C/C=C\C/C=C\C/C=C\CCCCCCCC(=O)NC(CO)C(O)/C=C/CC/C=C/CC/C=C/CCCCCCCCCCCCCCC. The van der Waals surface area contributed by atoms with Crippen molar-refractivity contribution in [2.75, 3.05) is 6.61 Å². The molecular weight excluding hydrogens is 687 g/mol. The predicted octanol–water partition coefficient (Wildman–Crippen LogP) is 15.0. The van der Waals surface area contributed by atoms with Crippen LogP contribution in [-0.4, -0.2) is 34.9 Å². The van der Waals surface area contributed by atoms with Gasteiger partial charge < -0.3 is 15.5 Å². The zero-order valence-electron chi connectivity index (χ0n) is 36.6. The Balaban J connectivity index is 3.71. The van der Waals surface area contributed by atoms with Crippen molar-refractivity contribution in [3.05, 3.63) is 97.2 Å². The van der Waals surface area contributed by atoms with Gasteiger partial charge in [0.2, 0.25) is 5.91 Å². The van der Waals surface area contributed by atoms with Crippen LogP contribution in [0.15, 0.2) is 97.2 Å². The number of rotatable bonds is 41. The van der Waals surface area contributed by atoms with Crippen LogP contribution in [0.1, 0.15) is 206 Å². The van der Waals surface area contributed by atoms with Crippen LogP contribution in [0.25, 0.3) is 0 Å². The maximum atomic E-state index is 12.4. The van der Waals surface area contributed by atoms with Gasteiger partial charge in [-0.1, -0.05) is 207 Å². The van der Waals surface area contributed by atoms with Crippen LogP contribution in [0.5, 0.6) is 0 Å². The van der Waals surface area contributed by atoms with Crippen LogP contribution >= 0.6 is 0 Å². The second-order valence-electron chi connectivity index (χ2n) is 15.4. The molecule has 56 heavy (non-hydrogen) atoms. The number of aliphatic hydroxyl groups is 2. The Bertz CT molecular complexity index is 1060. The molecule has 0 bridgehead atoms. The minimum absolute atomic E-state index is 0.100. The topological polar surface area (TPSA) is 69.6 Å². The van der Waals surface area contributed by atoms with Gasteiger partial charge in [0.15, 0.2) is 0 Å². The number of carbonyl (C=O) groups excluding carboxylic acids is 1. The number of aliphatic hydroxyl groups excluding tert-OH is 2. The minimum Gasteiger partial charge on any atom is -0.394 e. The molecule has 0 saturated heterocycles. The molecule has 0 aliphatic carbocycles. The molecule has 0 aliphatic rings. The molecule has 320 valence electrons. The highest BCUT2D eigenvalue weighted by atomic mass is 16.3. The molecule has 0 aromatic carbocycles. The summed E-state index contributed by atoms with van der Waals surface area (Å²) in [5, 5.41) is 23.0. The fraction of sp³-hybridized carbons (Fsp3) is 0.673. The highest BCUT2D eigenvalue weighted by Crippen LogP contribution is 2.13. The molecule has 0 aromatic heterocycles. The van der Waals surface area contributed by atoms with Gasteiger partial charge in [0.25, 0.3) is 0 Å². The molecule has 0 rings (SSSR count). The first-order chi connectivity index (χ1) is 27.7. The Labute approximate surface area is 347 Å². The van der Waals surface area contributed by atoms with Crippen LogP contribution in [0.4, 0.5) is 0 Å². The number of amides is 1. The molecule has 0 radical (unpaired) electrons. The van der Waals surface area contributed by atoms with Crippen LogP contribution in [0.3, 0.4) is 0 Å². The van der Waals surface area contributed by atoms with Gasteiger partial charge in [0.05, 0.1) is 18.8 Å². The number of hydrogen-bond acceptors (Lipinski definition) is 3. The fourth-order valence-electron chi connectivity index (χ4n) is 6.47. The molecule has 0 spiro atoms. The summed E-state index contributed by atoms with van der Waals surface area (Å²) in [4.78, 5) is 12.4. The summed E-state index contributed by atoms with van der Waals surface area (Å²) in [7, 11) is 0. The first kappa shape index (κ1) is 53.3.